The van der Waals surface area contributed by atoms with Crippen molar-refractivity contribution in [3.8, 4) is 5.75 Å². The van der Waals surface area contributed by atoms with Crippen molar-refractivity contribution in [1.82, 2.24) is 0 Å². The van der Waals surface area contributed by atoms with Gasteiger partial charge in [0.1, 0.15) is 5.75 Å². The molecular weight excluding hydrogens is 272 g/mol. The number of aryl methyl sites for hydroxylation is 2. The number of phenols is 1. The van der Waals surface area contributed by atoms with E-state index in [9.17, 15) is 20.0 Å². The van der Waals surface area contributed by atoms with E-state index in [1.165, 1.54) is 18.2 Å². The topological polar surface area (TPSA) is 92.5 Å². The SMILES string of the molecule is Cc1ccc(C)c(C(=O)Nc2c(O)cccc2[N+](=O)[O-])c1. The molecule has 2 N–H and O–H groups in total. The molecule has 6 nitrogen and oxygen atoms in total. The van der Waals surface area contributed by atoms with Crippen molar-refractivity contribution in [2.24, 2.45) is 0 Å². The molecule has 0 radical (unpaired) electrons. The second-order valence-electron chi connectivity index (χ2n) is 4.70. The van der Waals surface area contributed by atoms with E-state index in [2.05, 4.69) is 5.32 Å². The van der Waals surface area contributed by atoms with Gasteiger partial charge < -0.3 is 10.4 Å². The van der Waals surface area contributed by atoms with Gasteiger partial charge in [0.2, 0.25) is 0 Å². The van der Waals surface area contributed by atoms with Crippen molar-refractivity contribution >= 4 is 17.3 Å². The van der Waals surface area contributed by atoms with Gasteiger partial charge in [-0.25, -0.2) is 0 Å². The first-order chi connectivity index (χ1) is 9.90. The number of amides is 1. The van der Waals surface area contributed by atoms with Crippen molar-refractivity contribution in [2.45, 2.75) is 13.8 Å². The number of rotatable bonds is 3. The van der Waals surface area contributed by atoms with Gasteiger partial charge in [-0.05, 0) is 31.5 Å². The predicted octanol–water partition coefficient (Wildman–Crippen LogP) is 3.17. The summed E-state index contributed by atoms with van der Waals surface area (Å²) in [5, 5.41) is 23.1. The monoisotopic (exact) mass is 286 g/mol. The Labute approximate surface area is 121 Å². The van der Waals surface area contributed by atoms with Crippen LogP contribution in [0.25, 0.3) is 0 Å². The van der Waals surface area contributed by atoms with Crippen molar-refractivity contribution in [3.05, 3.63) is 63.2 Å². The summed E-state index contributed by atoms with van der Waals surface area (Å²) in [6.45, 7) is 3.62. The Kier molecular flexibility index (Phi) is 3.89. The van der Waals surface area contributed by atoms with Crippen LogP contribution in [0.2, 0.25) is 0 Å². The highest BCUT2D eigenvalue weighted by Crippen LogP contribution is 2.33. The van der Waals surface area contributed by atoms with Gasteiger partial charge in [-0.3, -0.25) is 14.9 Å². The van der Waals surface area contributed by atoms with Crippen LogP contribution in [-0.2, 0) is 0 Å². The number of nitrogens with one attached hydrogen (secondary N) is 1. The number of anilines is 1. The third-order valence-electron chi connectivity index (χ3n) is 3.09. The lowest BCUT2D eigenvalue weighted by Crippen LogP contribution is -2.14. The van der Waals surface area contributed by atoms with Crippen LogP contribution in [0.4, 0.5) is 11.4 Å². The van der Waals surface area contributed by atoms with E-state index in [4.69, 9.17) is 0 Å². The molecule has 0 fully saturated rings. The van der Waals surface area contributed by atoms with Crippen molar-refractivity contribution in [3.63, 3.8) is 0 Å². The minimum Gasteiger partial charge on any atom is -0.505 e. The van der Waals surface area contributed by atoms with Crippen LogP contribution in [-0.4, -0.2) is 15.9 Å². The summed E-state index contributed by atoms with van der Waals surface area (Å²) in [5.74, 6) is -0.844. The summed E-state index contributed by atoms with van der Waals surface area (Å²) in [5.41, 5.74) is 1.50. The number of nitro benzene ring substituents is 1. The van der Waals surface area contributed by atoms with Gasteiger partial charge in [0.15, 0.2) is 5.69 Å². The van der Waals surface area contributed by atoms with Crippen LogP contribution in [0.15, 0.2) is 36.4 Å². The highest BCUT2D eigenvalue weighted by atomic mass is 16.6. The maximum atomic E-state index is 12.3. The number of carbonyl (C=O) groups excluding carboxylic acids is 1. The normalized spacial score (nSPS) is 10.2. The molecule has 0 aliphatic rings. The van der Waals surface area contributed by atoms with E-state index in [1.54, 1.807) is 19.1 Å². The molecule has 2 rings (SSSR count). The fourth-order valence-corrected chi connectivity index (χ4v) is 1.97. The summed E-state index contributed by atoms with van der Waals surface area (Å²) >= 11 is 0. The average Bonchev–Trinajstić information content (AvgIpc) is 2.43. The van der Waals surface area contributed by atoms with E-state index >= 15 is 0 Å². The van der Waals surface area contributed by atoms with Crippen LogP contribution in [0.5, 0.6) is 5.75 Å². The number of hydrogen-bond acceptors (Lipinski definition) is 4. The second-order valence-corrected chi connectivity index (χ2v) is 4.70. The average molecular weight is 286 g/mol. The Balaban J connectivity index is 2.41. The fraction of sp³-hybridized carbons (Fsp3) is 0.133. The molecule has 108 valence electrons. The van der Waals surface area contributed by atoms with Gasteiger partial charge in [0.05, 0.1) is 4.92 Å². The molecule has 0 atom stereocenters. The Morgan fingerprint density at radius 1 is 1.24 bits per heavy atom. The van der Waals surface area contributed by atoms with Crippen molar-refractivity contribution in [2.75, 3.05) is 5.32 Å². The Bertz CT molecular complexity index is 726. The number of nitrogens with zero attached hydrogens (tertiary/aromatic N) is 1. The quantitative estimate of drug-likeness (QED) is 0.515. The molecule has 21 heavy (non-hydrogen) atoms. The second kappa shape index (κ2) is 5.62. The zero-order valence-corrected chi connectivity index (χ0v) is 11.6. The summed E-state index contributed by atoms with van der Waals surface area (Å²) < 4.78 is 0. The number of para-hydroxylation sites is 1. The molecule has 2 aromatic carbocycles. The summed E-state index contributed by atoms with van der Waals surface area (Å²) in [4.78, 5) is 22.6. The maximum absolute atomic E-state index is 12.3. The molecule has 0 aromatic heterocycles. The number of hydrogen-bond donors (Lipinski definition) is 2. The van der Waals surface area contributed by atoms with Gasteiger partial charge in [-0.1, -0.05) is 23.8 Å². The predicted molar refractivity (Wildman–Crippen MR) is 78.6 cm³/mol. The van der Waals surface area contributed by atoms with Gasteiger partial charge in [0.25, 0.3) is 11.6 Å². The molecule has 0 unspecified atom stereocenters. The Hall–Kier alpha value is -2.89. The number of aromatic hydroxyl groups is 1. The summed E-state index contributed by atoms with van der Waals surface area (Å²) in [7, 11) is 0. The number of nitro groups is 1. The molecule has 0 spiro atoms. The Morgan fingerprint density at radius 2 is 1.95 bits per heavy atom. The minimum absolute atomic E-state index is 0.201. The largest absolute Gasteiger partial charge is 0.505 e. The van der Waals surface area contributed by atoms with E-state index in [0.29, 0.717) is 5.56 Å². The highest BCUT2D eigenvalue weighted by Gasteiger charge is 2.20. The van der Waals surface area contributed by atoms with E-state index in [1.807, 2.05) is 13.0 Å². The summed E-state index contributed by atoms with van der Waals surface area (Å²) in [6, 6.07) is 9.21. The molecule has 0 aliphatic carbocycles. The maximum Gasteiger partial charge on any atom is 0.296 e. The van der Waals surface area contributed by atoms with Gasteiger partial charge >= 0.3 is 0 Å². The van der Waals surface area contributed by atoms with Crippen molar-refractivity contribution < 1.29 is 14.8 Å². The first kappa shape index (κ1) is 14.5. The smallest absolute Gasteiger partial charge is 0.296 e. The van der Waals surface area contributed by atoms with Gasteiger partial charge in [0, 0.05) is 11.6 Å². The fourth-order valence-electron chi connectivity index (χ4n) is 1.97. The van der Waals surface area contributed by atoms with E-state index in [-0.39, 0.29) is 17.1 Å². The van der Waals surface area contributed by atoms with Gasteiger partial charge in [-0.15, -0.1) is 0 Å². The molecule has 0 bridgehead atoms. The van der Waals surface area contributed by atoms with E-state index < -0.39 is 10.8 Å². The third-order valence-corrected chi connectivity index (χ3v) is 3.09. The lowest BCUT2D eigenvalue weighted by Gasteiger charge is -2.10. The summed E-state index contributed by atoms with van der Waals surface area (Å²) in [6.07, 6.45) is 0. The van der Waals surface area contributed by atoms with Gasteiger partial charge in [-0.2, -0.15) is 0 Å². The first-order valence-electron chi connectivity index (χ1n) is 6.25. The number of phenolic OH excluding ortho intramolecular Hbond substituents is 1. The van der Waals surface area contributed by atoms with E-state index in [0.717, 1.165) is 11.1 Å². The van der Waals surface area contributed by atoms with Crippen LogP contribution in [0, 0.1) is 24.0 Å². The molecule has 0 saturated heterocycles. The molecule has 0 aliphatic heterocycles. The zero-order valence-electron chi connectivity index (χ0n) is 11.6. The van der Waals surface area contributed by atoms with Crippen molar-refractivity contribution in [1.29, 1.82) is 0 Å². The Morgan fingerprint density at radius 3 is 2.62 bits per heavy atom. The first-order valence-corrected chi connectivity index (χ1v) is 6.25. The number of benzene rings is 2. The standard InChI is InChI=1S/C15H14N2O4/c1-9-6-7-10(2)11(8-9)15(19)16-14-12(17(20)21)4-3-5-13(14)18/h3-8,18H,1-2H3,(H,16,19). The highest BCUT2D eigenvalue weighted by molar-refractivity contribution is 6.07. The molecule has 0 saturated carbocycles. The number of carbonyl (C=O) groups is 1. The molecule has 2 aromatic rings. The van der Waals surface area contributed by atoms with Crippen LogP contribution in [0.3, 0.4) is 0 Å². The van der Waals surface area contributed by atoms with Crippen LogP contribution >= 0.6 is 0 Å². The molecular formula is C15H14N2O4. The van der Waals surface area contributed by atoms with Crippen LogP contribution in [0.1, 0.15) is 21.5 Å². The third kappa shape index (κ3) is 3.00. The zero-order chi connectivity index (χ0) is 15.6. The molecule has 1 amide bonds. The van der Waals surface area contributed by atoms with Crippen LogP contribution < -0.4 is 5.32 Å². The minimum atomic E-state index is -0.654. The molecule has 0 heterocycles. The lowest BCUT2D eigenvalue weighted by molar-refractivity contribution is -0.384. The molecule has 6 heteroatoms. The lowest BCUT2D eigenvalue weighted by atomic mass is 10.0.